The van der Waals surface area contributed by atoms with Gasteiger partial charge in [0.1, 0.15) is 0 Å². The van der Waals surface area contributed by atoms with Gasteiger partial charge in [0.2, 0.25) is 11.7 Å². The van der Waals surface area contributed by atoms with Gasteiger partial charge < -0.3 is 15.2 Å². The van der Waals surface area contributed by atoms with E-state index in [1.807, 2.05) is 55.5 Å². The molecule has 0 amide bonds. The van der Waals surface area contributed by atoms with E-state index in [2.05, 4.69) is 36.7 Å². The predicted molar refractivity (Wildman–Crippen MR) is 102 cm³/mol. The fraction of sp³-hybridized carbons (Fsp3) is 0.118. The highest BCUT2D eigenvalue weighted by atomic mass is 79.9. The Labute approximate surface area is 153 Å². The lowest BCUT2D eigenvalue weighted by Gasteiger charge is -2.10. The molecular formula is C17H15BrN4OS. The van der Waals surface area contributed by atoms with Crippen LogP contribution in [0.2, 0.25) is 0 Å². The van der Waals surface area contributed by atoms with Crippen molar-refractivity contribution in [2.45, 2.75) is 13.5 Å². The van der Waals surface area contributed by atoms with Crippen LogP contribution in [-0.2, 0) is 6.54 Å². The number of nitrogens with one attached hydrogen (secondary N) is 2. The van der Waals surface area contributed by atoms with Crippen molar-refractivity contribution in [1.29, 1.82) is 0 Å². The fourth-order valence-electron chi connectivity index (χ4n) is 2.08. The Kier molecular flexibility index (Phi) is 5.22. The van der Waals surface area contributed by atoms with Crippen molar-refractivity contribution >= 4 is 38.9 Å². The number of benzene rings is 2. The lowest BCUT2D eigenvalue weighted by Crippen LogP contribution is -2.28. The maximum atomic E-state index is 5.29. The number of hydrogen-bond donors (Lipinski definition) is 2. The number of aromatic nitrogens is 2. The van der Waals surface area contributed by atoms with Crippen LogP contribution in [-0.4, -0.2) is 15.3 Å². The van der Waals surface area contributed by atoms with Gasteiger partial charge in [0, 0.05) is 15.7 Å². The molecule has 0 saturated heterocycles. The molecule has 0 saturated carbocycles. The molecule has 0 spiro atoms. The molecule has 122 valence electrons. The van der Waals surface area contributed by atoms with Crippen molar-refractivity contribution in [1.82, 2.24) is 15.5 Å². The molecule has 7 heteroatoms. The second kappa shape index (κ2) is 7.55. The Hall–Kier alpha value is -2.25. The van der Waals surface area contributed by atoms with Crippen molar-refractivity contribution < 1.29 is 4.52 Å². The van der Waals surface area contributed by atoms with Crippen LogP contribution in [0, 0.1) is 6.92 Å². The average molecular weight is 403 g/mol. The highest BCUT2D eigenvalue weighted by Crippen LogP contribution is 2.20. The van der Waals surface area contributed by atoms with Crippen molar-refractivity contribution in [3.05, 3.63) is 64.5 Å². The molecule has 3 aromatic rings. The molecule has 2 aromatic carbocycles. The second-order valence-corrected chi connectivity index (χ2v) is 6.41. The van der Waals surface area contributed by atoms with Gasteiger partial charge in [0.15, 0.2) is 5.11 Å². The number of hydrogen-bond acceptors (Lipinski definition) is 4. The smallest absolute Gasteiger partial charge is 0.246 e. The van der Waals surface area contributed by atoms with E-state index >= 15 is 0 Å². The zero-order valence-corrected chi connectivity index (χ0v) is 15.3. The summed E-state index contributed by atoms with van der Waals surface area (Å²) in [4.78, 5) is 4.35. The Morgan fingerprint density at radius 2 is 2.00 bits per heavy atom. The van der Waals surface area contributed by atoms with Crippen LogP contribution in [0.5, 0.6) is 0 Å². The first kappa shape index (κ1) is 16.6. The van der Waals surface area contributed by atoms with Crippen molar-refractivity contribution in [3.63, 3.8) is 0 Å². The minimum absolute atomic E-state index is 0.362. The topological polar surface area (TPSA) is 63.0 Å². The summed E-state index contributed by atoms with van der Waals surface area (Å²) in [6, 6.07) is 15.6. The molecule has 0 aliphatic rings. The molecule has 3 rings (SSSR count). The largest absolute Gasteiger partial charge is 0.353 e. The molecule has 0 aliphatic carbocycles. The lowest BCUT2D eigenvalue weighted by molar-refractivity contribution is 0.376. The summed E-state index contributed by atoms with van der Waals surface area (Å²) < 4.78 is 6.30. The summed E-state index contributed by atoms with van der Waals surface area (Å²) >= 11 is 8.76. The first-order chi connectivity index (χ1) is 11.6. The molecule has 2 N–H and O–H groups in total. The van der Waals surface area contributed by atoms with Crippen molar-refractivity contribution in [3.8, 4) is 11.4 Å². The van der Waals surface area contributed by atoms with E-state index in [9.17, 15) is 0 Å². The lowest BCUT2D eigenvalue weighted by atomic mass is 10.2. The molecule has 1 heterocycles. The second-order valence-electron chi connectivity index (χ2n) is 5.15. The van der Waals surface area contributed by atoms with Crippen LogP contribution in [0.15, 0.2) is 57.5 Å². The monoisotopic (exact) mass is 402 g/mol. The summed E-state index contributed by atoms with van der Waals surface area (Å²) in [5.74, 6) is 1.04. The molecule has 0 atom stereocenters. The zero-order valence-electron chi connectivity index (χ0n) is 12.9. The Balaban J connectivity index is 1.56. The number of rotatable bonds is 4. The predicted octanol–water partition coefficient (Wildman–Crippen LogP) is 4.29. The molecule has 0 radical (unpaired) electrons. The third-order valence-electron chi connectivity index (χ3n) is 3.32. The van der Waals surface area contributed by atoms with E-state index in [1.165, 1.54) is 0 Å². The summed E-state index contributed by atoms with van der Waals surface area (Å²) in [6.45, 7) is 2.39. The molecular weight excluding hydrogens is 388 g/mol. The van der Waals surface area contributed by atoms with Crippen LogP contribution in [0.1, 0.15) is 11.5 Å². The number of thiocarbonyl (C=S) groups is 1. The van der Waals surface area contributed by atoms with Gasteiger partial charge in [0.05, 0.1) is 6.54 Å². The SMILES string of the molecule is Cc1cc(NC(=S)NCc2nc(-c3ccccc3)no2)ccc1Br. The fourth-order valence-corrected chi connectivity index (χ4v) is 2.52. The molecule has 0 bridgehead atoms. The van der Waals surface area contributed by atoms with Gasteiger partial charge in [-0.3, -0.25) is 0 Å². The molecule has 5 nitrogen and oxygen atoms in total. The van der Waals surface area contributed by atoms with Gasteiger partial charge in [-0.25, -0.2) is 0 Å². The van der Waals surface area contributed by atoms with Gasteiger partial charge in [0.25, 0.3) is 0 Å². The molecule has 0 aliphatic heterocycles. The zero-order chi connectivity index (χ0) is 16.9. The third kappa shape index (κ3) is 4.18. The van der Waals surface area contributed by atoms with Crippen LogP contribution in [0.25, 0.3) is 11.4 Å². The van der Waals surface area contributed by atoms with E-state index in [-0.39, 0.29) is 0 Å². The van der Waals surface area contributed by atoms with Crippen LogP contribution < -0.4 is 10.6 Å². The Morgan fingerprint density at radius 1 is 1.21 bits per heavy atom. The Morgan fingerprint density at radius 3 is 2.75 bits per heavy atom. The molecule has 24 heavy (non-hydrogen) atoms. The van der Waals surface area contributed by atoms with Gasteiger partial charge in [-0.15, -0.1) is 0 Å². The number of nitrogens with zero attached hydrogens (tertiary/aromatic N) is 2. The summed E-state index contributed by atoms with van der Waals surface area (Å²) in [5, 5.41) is 10.7. The number of halogens is 1. The summed E-state index contributed by atoms with van der Waals surface area (Å²) in [7, 11) is 0. The van der Waals surface area contributed by atoms with Crippen molar-refractivity contribution in [2.24, 2.45) is 0 Å². The van der Waals surface area contributed by atoms with Crippen LogP contribution in [0.3, 0.4) is 0 Å². The maximum Gasteiger partial charge on any atom is 0.246 e. The standard InChI is InChI=1S/C17H15BrN4OS/c1-11-9-13(7-8-14(11)18)20-17(24)19-10-15-21-16(22-23-15)12-5-3-2-4-6-12/h2-9H,10H2,1H3,(H2,19,20,24). The molecule has 1 aromatic heterocycles. The van der Waals surface area contributed by atoms with Crippen LogP contribution in [0.4, 0.5) is 5.69 Å². The quantitative estimate of drug-likeness (QED) is 0.634. The minimum Gasteiger partial charge on any atom is -0.353 e. The highest BCUT2D eigenvalue weighted by molar-refractivity contribution is 9.10. The number of anilines is 1. The minimum atomic E-state index is 0.362. The molecule has 0 unspecified atom stereocenters. The van der Waals surface area contributed by atoms with E-state index in [1.54, 1.807) is 0 Å². The number of aryl methyl sites for hydroxylation is 1. The first-order valence-electron chi connectivity index (χ1n) is 7.31. The van der Waals surface area contributed by atoms with Gasteiger partial charge >= 0.3 is 0 Å². The van der Waals surface area contributed by atoms with Crippen LogP contribution >= 0.6 is 28.1 Å². The molecule has 0 fully saturated rings. The highest BCUT2D eigenvalue weighted by Gasteiger charge is 2.08. The van der Waals surface area contributed by atoms with Gasteiger partial charge in [-0.2, -0.15) is 4.98 Å². The van der Waals surface area contributed by atoms with E-state index in [0.717, 1.165) is 21.3 Å². The Bertz CT molecular complexity index is 851. The van der Waals surface area contributed by atoms with E-state index < -0.39 is 0 Å². The first-order valence-corrected chi connectivity index (χ1v) is 8.51. The van der Waals surface area contributed by atoms with Gasteiger partial charge in [-0.05, 0) is 42.9 Å². The van der Waals surface area contributed by atoms with E-state index in [4.69, 9.17) is 16.7 Å². The normalized spacial score (nSPS) is 10.4. The average Bonchev–Trinajstić information content (AvgIpc) is 3.06. The summed E-state index contributed by atoms with van der Waals surface area (Å²) in [6.07, 6.45) is 0. The summed E-state index contributed by atoms with van der Waals surface area (Å²) in [5.41, 5.74) is 2.97. The third-order valence-corrected chi connectivity index (χ3v) is 4.45. The van der Waals surface area contributed by atoms with E-state index in [0.29, 0.717) is 23.4 Å². The maximum absolute atomic E-state index is 5.29. The van der Waals surface area contributed by atoms with Gasteiger partial charge in [-0.1, -0.05) is 51.4 Å². The van der Waals surface area contributed by atoms with Crippen molar-refractivity contribution in [2.75, 3.05) is 5.32 Å².